The lowest BCUT2D eigenvalue weighted by Gasteiger charge is -2.36. The Balaban J connectivity index is 1.41. The molecule has 1 aliphatic carbocycles. The van der Waals surface area contributed by atoms with Crippen molar-refractivity contribution >= 4 is 11.6 Å². The highest BCUT2D eigenvalue weighted by molar-refractivity contribution is 5.76. The SMILES string of the molecule is COc1ccccc1N1CCN(CCC(=O)NC2CCCC2)CC1. The van der Waals surface area contributed by atoms with Crippen molar-refractivity contribution in [3.05, 3.63) is 24.3 Å². The molecule has 1 aromatic rings. The van der Waals surface area contributed by atoms with Gasteiger partial charge in [0.15, 0.2) is 0 Å². The molecule has 1 saturated heterocycles. The van der Waals surface area contributed by atoms with Crippen molar-refractivity contribution < 1.29 is 9.53 Å². The number of rotatable bonds is 6. The molecule has 0 aromatic heterocycles. The van der Waals surface area contributed by atoms with Crippen molar-refractivity contribution in [2.45, 2.75) is 38.1 Å². The van der Waals surface area contributed by atoms with E-state index in [0.717, 1.165) is 51.3 Å². The molecule has 5 nitrogen and oxygen atoms in total. The summed E-state index contributed by atoms with van der Waals surface area (Å²) in [6, 6.07) is 8.61. The normalized spacial score (nSPS) is 19.5. The van der Waals surface area contributed by atoms with Crippen LogP contribution < -0.4 is 15.0 Å². The first-order chi connectivity index (χ1) is 11.8. The Hall–Kier alpha value is -1.75. The molecular formula is C19H29N3O2. The summed E-state index contributed by atoms with van der Waals surface area (Å²) in [4.78, 5) is 16.8. The van der Waals surface area contributed by atoms with E-state index in [4.69, 9.17) is 4.74 Å². The van der Waals surface area contributed by atoms with Gasteiger partial charge in [0.05, 0.1) is 12.8 Å². The summed E-state index contributed by atoms with van der Waals surface area (Å²) < 4.78 is 5.46. The highest BCUT2D eigenvalue weighted by Gasteiger charge is 2.21. The molecule has 1 heterocycles. The van der Waals surface area contributed by atoms with Crippen LogP contribution in [0.3, 0.4) is 0 Å². The predicted octanol–water partition coefficient (Wildman–Crippen LogP) is 2.27. The second kappa shape index (κ2) is 8.38. The molecule has 1 aliphatic heterocycles. The number of para-hydroxylation sites is 2. The number of ether oxygens (including phenoxy) is 1. The lowest BCUT2D eigenvalue weighted by molar-refractivity contribution is -0.122. The largest absolute Gasteiger partial charge is 0.495 e. The number of hydrogen-bond donors (Lipinski definition) is 1. The van der Waals surface area contributed by atoms with Crippen LogP contribution in [0.15, 0.2) is 24.3 Å². The van der Waals surface area contributed by atoms with Gasteiger partial charge in [0.2, 0.25) is 5.91 Å². The fourth-order valence-corrected chi connectivity index (χ4v) is 3.73. The average Bonchev–Trinajstić information content (AvgIpc) is 3.13. The molecule has 0 unspecified atom stereocenters. The fraction of sp³-hybridized carbons (Fsp3) is 0.632. The summed E-state index contributed by atoms with van der Waals surface area (Å²) >= 11 is 0. The maximum absolute atomic E-state index is 12.0. The van der Waals surface area contributed by atoms with Crippen molar-refractivity contribution in [1.29, 1.82) is 0 Å². The van der Waals surface area contributed by atoms with Crippen LogP contribution in [0.25, 0.3) is 0 Å². The Kier molecular flexibility index (Phi) is 5.96. The zero-order valence-corrected chi connectivity index (χ0v) is 14.7. The van der Waals surface area contributed by atoms with E-state index in [1.165, 1.54) is 18.5 Å². The molecule has 3 rings (SSSR count). The lowest BCUT2D eigenvalue weighted by Crippen LogP contribution is -2.47. The molecule has 132 valence electrons. The monoisotopic (exact) mass is 331 g/mol. The van der Waals surface area contributed by atoms with Gasteiger partial charge in [-0.3, -0.25) is 9.69 Å². The molecule has 0 bridgehead atoms. The molecule has 1 saturated carbocycles. The smallest absolute Gasteiger partial charge is 0.221 e. The molecule has 2 fully saturated rings. The van der Waals surface area contributed by atoms with Crippen LogP contribution in [0.1, 0.15) is 32.1 Å². The summed E-state index contributed by atoms with van der Waals surface area (Å²) in [5.41, 5.74) is 1.17. The number of methoxy groups -OCH3 is 1. The number of nitrogens with zero attached hydrogens (tertiary/aromatic N) is 2. The van der Waals surface area contributed by atoms with Crippen LogP contribution in [0.5, 0.6) is 5.75 Å². The summed E-state index contributed by atoms with van der Waals surface area (Å²) in [6.45, 7) is 4.80. The standard InChI is InChI=1S/C19H29N3O2/c1-24-18-9-5-4-8-17(18)22-14-12-21(13-15-22)11-10-19(23)20-16-6-2-3-7-16/h4-5,8-9,16H,2-3,6-7,10-15H2,1H3,(H,20,23). The molecule has 2 aliphatic rings. The minimum Gasteiger partial charge on any atom is -0.495 e. The van der Waals surface area contributed by atoms with Gasteiger partial charge in [0.25, 0.3) is 0 Å². The van der Waals surface area contributed by atoms with Gasteiger partial charge < -0.3 is 15.0 Å². The number of nitrogens with one attached hydrogen (secondary N) is 1. The first-order valence-electron chi connectivity index (χ1n) is 9.16. The van der Waals surface area contributed by atoms with E-state index in [1.807, 2.05) is 12.1 Å². The fourth-order valence-electron chi connectivity index (χ4n) is 3.73. The number of amides is 1. The van der Waals surface area contributed by atoms with Gasteiger partial charge in [0, 0.05) is 45.2 Å². The first kappa shape index (κ1) is 17.1. The van der Waals surface area contributed by atoms with Crippen molar-refractivity contribution in [1.82, 2.24) is 10.2 Å². The molecule has 1 N–H and O–H groups in total. The maximum atomic E-state index is 12.0. The number of carbonyl (C=O) groups excluding carboxylic acids is 1. The minimum atomic E-state index is 0.217. The molecule has 0 spiro atoms. The molecule has 0 atom stereocenters. The quantitative estimate of drug-likeness (QED) is 0.868. The lowest BCUT2D eigenvalue weighted by atomic mass is 10.2. The molecule has 24 heavy (non-hydrogen) atoms. The Morgan fingerprint density at radius 2 is 1.88 bits per heavy atom. The topological polar surface area (TPSA) is 44.8 Å². The molecule has 5 heteroatoms. The zero-order chi connectivity index (χ0) is 16.8. The highest BCUT2D eigenvalue weighted by Crippen LogP contribution is 2.28. The Morgan fingerprint density at radius 1 is 1.17 bits per heavy atom. The van der Waals surface area contributed by atoms with Gasteiger partial charge in [0.1, 0.15) is 5.75 Å². The van der Waals surface area contributed by atoms with Gasteiger partial charge in [-0.15, -0.1) is 0 Å². The van der Waals surface area contributed by atoms with E-state index in [1.54, 1.807) is 7.11 Å². The molecule has 0 radical (unpaired) electrons. The Labute approximate surface area is 145 Å². The third kappa shape index (κ3) is 4.41. The number of anilines is 1. The van der Waals surface area contributed by atoms with Crippen molar-refractivity contribution in [3.8, 4) is 5.75 Å². The van der Waals surface area contributed by atoms with E-state index in [0.29, 0.717) is 12.5 Å². The van der Waals surface area contributed by atoms with Gasteiger partial charge in [-0.1, -0.05) is 25.0 Å². The minimum absolute atomic E-state index is 0.217. The Bertz CT molecular complexity index is 535. The highest BCUT2D eigenvalue weighted by atomic mass is 16.5. The van der Waals surface area contributed by atoms with Crippen molar-refractivity contribution in [2.75, 3.05) is 44.7 Å². The van der Waals surface area contributed by atoms with Crippen LogP contribution in [0, 0.1) is 0 Å². The van der Waals surface area contributed by atoms with Gasteiger partial charge >= 0.3 is 0 Å². The van der Waals surface area contributed by atoms with E-state index in [9.17, 15) is 4.79 Å². The van der Waals surface area contributed by atoms with Gasteiger partial charge in [-0.2, -0.15) is 0 Å². The molecule has 1 aromatic carbocycles. The zero-order valence-electron chi connectivity index (χ0n) is 14.7. The molecular weight excluding hydrogens is 302 g/mol. The number of hydrogen-bond acceptors (Lipinski definition) is 4. The second-order valence-electron chi connectivity index (χ2n) is 6.80. The maximum Gasteiger partial charge on any atom is 0.221 e. The second-order valence-corrected chi connectivity index (χ2v) is 6.80. The van der Waals surface area contributed by atoms with Crippen LogP contribution in [0.4, 0.5) is 5.69 Å². The van der Waals surface area contributed by atoms with Crippen LogP contribution >= 0.6 is 0 Å². The molecule has 1 amide bonds. The summed E-state index contributed by atoms with van der Waals surface area (Å²) in [5, 5.41) is 3.18. The van der Waals surface area contributed by atoms with Crippen LogP contribution in [-0.2, 0) is 4.79 Å². The number of piperazine rings is 1. The van der Waals surface area contributed by atoms with Crippen molar-refractivity contribution in [3.63, 3.8) is 0 Å². The number of benzene rings is 1. The third-order valence-corrected chi connectivity index (χ3v) is 5.17. The Morgan fingerprint density at radius 3 is 2.58 bits per heavy atom. The van der Waals surface area contributed by atoms with E-state index in [2.05, 4.69) is 27.2 Å². The number of carbonyl (C=O) groups is 1. The van der Waals surface area contributed by atoms with Crippen LogP contribution in [0.2, 0.25) is 0 Å². The average molecular weight is 331 g/mol. The van der Waals surface area contributed by atoms with E-state index in [-0.39, 0.29) is 5.91 Å². The van der Waals surface area contributed by atoms with Gasteiger partial charge in [-0.25, -0.2) is 0 Å². The van der Waals surface area contributed by atoms with E-state index >= 15 is 0 Å². The third-order valence-electron chi connectivity index (χ3n) is 5.17. The van der Waals surface area contributed by atoms with Gasteiger partial charge in [-0.05, 0) is 25.0 Å². The summed E-state index contributed by atoms with van der Waals surface area (Å²) in [5.74, 6) is 1.15. The first-order valence-corrected chi connectivity index (χ1v) is 9.16. The summed E-state index contributed by atoms with van der Waals surface area (Å²) in [7, 11) is 1.72. The summed E-state index contributed by atoms with van der Waals surface area (Å²) in [6.07, 6.45) is 5.45. The van der Waals surface area contributed by atoms with Crippen LogP contribution in [-0.4, -0.2) is 56.7 Å². The van der Waals surface area contributed by atoms with E-state index < -0.39 is 0 Å². The van der Waals surface area contributed by atoms with Crippen molar-refractivity contribution in [2.24, 2.45) is 0 Å². The predicted molar refractivity (Wildman–Crippen MR) is 96.7 cm³/mol.